The average molecular weight is 258 g/mol. The van der Waals surface area contributed by atoms with E-state index in [1.807, 2.05) is 13.0 Å². The maximum absolute atomic E-state index is 12.0. The predicted octanol–water partition coefficient (Wildman–Crippen LogP) is 3.50. The van der Waals surface area contributed by atoms with Gasteiger partial charge in [-0.1, -0.05) is 32.8 Å². The van der Waals surface area contributed by atoms with Crippen LogP contribution >= 0.6 is 0 Å². The molecule has 1 N–H and O–H groups in total. The summed E-state index contributed by atoms with van der Waals surface area (Å²) in [7, 11) is 0. The van der Waals surface area contributed by atoms with E-state index in [1.54, 1.807) is 24.3 Å². The zero-order valence-electron chi connectivity index (χ0n) is 11.9. The Morgan fingerprint density at radius 3 is 2.68 bits per heavy atom. The van der Waals surface area contributed by atoms with Gasteiger partial charge in [0.05, 0.1) is 11.6 Å². The van der Waals surface area contributed by atoms with E-state index in [-0.39, 0.29) is 11.9 Å². The SMILES string of the molecule is CC(C)CCCC(C)NC(=O)c1cccc(C#N)c1. The highest BCUT2D eigenvalue weighted by molar-refractivity contribution is 5.94. The first-order chi connectivity index (χ1) is 9.02. The summed E-state index contributed by atoms with van der Waals surface area (Å²) in [6.45, 7) is 6.43. The van der Waals surface area contributed by atoms with Crippen molar-refractivity contribution >= 4 is 5.91 Å². The van der Waals surface area contributed by atoms with E-state index in [9.17, 15) is 4.79 Å². The van der Waals surface area contributed by atoms with E-state index in [4.69, 9.17) is 5.26 Å². The summed E-state index contributed by atoms with van der Waals surface area (Å²) in [5.74, 6) is 0.601. The van der Waals surface area contributed by atoms with Gasteiger partial charge in [-0.15, -0.1) is 0 Å². The summed E-state index contributed by atoms with van der Waals surface area (Å²) in [4.78, 5) is 12.0. The number of nitrogens with one attached hydrogen (secondary N) is 1. The number of hydrogen-bond donors (Lipinski definition) is 1. The molecule has 0 saturated heterocycles. The molecule has 3 nitrogen and oxygen atoms in total. The minimum Gasteiger partial charge on any atom is -0.350 e. The molecule has 0 saturated carbocycles. The number of benzene rings is 1. The van der Waals surface area contributed by atoms with Crippen LogP contribution in [0.15, 0.2) is 24.3 Å². The van der Waals surface area contributed by atoms with Crippen LogP contribution in [0.1, 0.15) is 56.0 Å². The Morgan fingerprint density at radius 2 is 2.05 bits per heavy atom. The van der Waals surface area contributed by atoms with Gasteiger partial charge in [-0.25, -0.2) is 0 Å². The Labute approximate surface area is 115 Å². The molecule has 19 heavy (non-hydrogen) atoms. The molecule has 0 radical (unpaired) electrons. The van der Waals surface area contributed by atoms with Gasteiger partial charge >= 0.3 is 0 Å². The van der Waals surface area contributed by atoms with Crippen molar-refractivity contribution in [1.82, 2.24) is 5.32 Å². The van der Waals surface area contributed by atoms with Crippen molar-refractivity contribution in [2.45, 2.75) is 46.1 Å². The van der Waals surface area contributed by atoms with Gasteiger partial charge in [-0.05, 0) is 37.5 Å². The Kier molecular flexibility index (Phi) is 6.08. The van der Waals surface area contributed by atoms with E-state index < -0.39 is 0 Å². The quantitative estimate of drug-likeness (QED) is 0.849. The van der Waals surface area contributed by atoms with Crippen molar-refractivity contribution in [2.75, 3.05) is 0 Å². The topological polar surface area (TPSA) is 52.9 Å². The van der Waals surface area contributed by atoms with Crippen molar-refractivity contribution in [2.24, 2.45) is 5.92 Å². The van der Waals surface area contributed by atoms with E-state index in [0.717, 1.165) is 12.8 Å². The smallest absolute Gasteiger partial charge is 0.251 e. The lowest BCUT2D eigenvalue weighted by molar-refractivity contribution is 0.0937. The minimum absolute atomic E-state index is 0.103. The normalized spacial score (nSPS) is 11.9. The van der Waals surface area contributed by atoms with Crippen LogP contribution in [0.4, 0.5) is 0 Å². The first-order valence-electron chi connectivity index (χ1n) is 6.84. The Balaban J connectivity index is 2.47. The molecule has 1 aromatic rings. The molecule has 102 valence electrons. The van der Waals surface area contributed by atoms with Gasteiger partial charge < -0.3 is 5.32 Å². The first kappa shape index (κ1) is 15.2. The summed E-state index contributed by atoms with van der Waals surface area (Å²) >= 11 is 0. The van der Waals surface area contributed by atoms with E-state index in [0.29, 0.717) is 17.0 Å². The molecule has 0 heterocycles. The van der Waals surface area contributed by atoms with Gasteiger partial charge in [0.1, 0.15) is 0 Å². The molecule has 1 rings (SSSR count). The molecule has 0 aliphatic carbocycles. The maximum Gasteiger partial charge on any atom is 0.251 e. The zero-order valence-corrected chi connectivity index (χ0v) is 11.9. The third kappa shape index (κ3) is 5.56. The van der Waals surface area contributed by atoms with Gasteiger partial charge in [0, 0.05) is 11.6 Å². The molecular formula is C16H22N2O. The van der Waals surface area contributed by atoms with E-state index >= 15 is 0 Å². The van der Waals surface area contributed by atoms with Crippen LogP contribution in [-0.4, -0.2) is 11.9 Å². The lowest BCUT2D eigenvalue weighted by atomic mass is 10.0. The second-order valence-corrected chi connectivity index (χ2v) is 5.39. The van der Waals surface area contributed by atoms with Crippen LogP contribution < -0.4 is 5.32 Å². The minimum atomic E-state index is -0.103. The fraction of sp³-hybridized carbons (Fsp3) is 0.500. The van der Waals surface area contributed by atoms with Gasteiger partial charge in [-0.2, -0.15) is 5.26 Å². The molecule has 0 aliphatic rings. The molecule has 0 spiro atoms. The highest BCUT2D eigenvalue weighted by atomic mass is 16.1. The third-order valence-corrected chi connectivity index (χ3v) is 3.05. The molecule has 0 fully saturated rings. The number of hydrogen-bond acceptors (Lipinski definition) is 2. The zero-order chi connectivity index (χ0) is 14.3. The molecule has 0 bridgehead atoms. The third-order valence-electron chi connectivity index (χ3n) is 3.05. The Bertz CT molecular complexity index is 460. The van der Waals surface area contributed by atoms with Crippen LogP contribution in [0.5, 0.6) is 0 Å². The van der Waals surface area contributed by atoms with Crippen molar-refractivity contribution in [3.63, 3.8) is 0 Å². The second-order valence-electron chi connectivity index (χ2n) is 5.39. The number of nitrogens with zero attached hydrogens (tertiary/aromatic N) is 1. The van der Waals surface area contributed by atoms with Gasteiger partial charge in [0.25, 0.3) is 5.91 Å². The molecule has 1 aromatic carbocycles. The maximum atomic E-state index is 12.0. The highest BCUT2D eigenvalue weighted by Crippen LogP contribution is 2.09. The van der Waals surface area contributed by atoms with Crippen molar-refractivity contribution in [3.8, 4) is 6.07 Å². The molecule has 1 amide bonds. The van der Waals surface area contributed by atoms with Crippen LogP contribution in [0.2, 0.25) is 0 Å². The summed E-state index contributed by atoms with van der Waals surface area (Å²) in [6.07, 6.45) is 3.29. The fourth-order valence-corrected chi connectivity index (χ4v) is 1.94. The Hall–Kier alpha value is -1.82. The van der Waals surface area contributed by atoms with Gasteiger partial charge in [0.15, 0.2) is 0 Å². The van der Waals surface area contributed by atoms with Gasteiger partial charge in [-0.3, -0.25) is 4.79 Å². The first-order valence-corrected chi connectivity index (χ1v) is 6.84. The summed E-state index contributed by atoms with van der Waals surface area (Å²) in [5, 5.41) is 11.8. The summed E-state index contributed by atoms with van der Waals surface area (Å²) in [6, 6.07) is 8.99. The lowest BCUT2D eigenvalue weighted by Gasteiger charge is -2.14. The number of rotatable bonds is 6. The summed E-state index contributed by atoms with van der Waals surface area (Å²) in [5.41, 5.74) is 1.06. The molecule has 1 unspecified atom stereocenters. The van der Waals surface area contributed by atoms with Gasteiger partial charge in [0.2, 0.25) is 0 Å². The van der Waals surface area contributed by atoms with Crippen LogP contribution in [0.3, 0.4) is 0 Å². The lowest BCUT2D eigenvalue weighted by Crippen LogP contribution is -2.32. The standard InChI is InChI=1S/C16H22N2O/c1-12(2)6-4-7-13(3)18-16(19)15-9-5-8-14(10-15)11-17/h5,8-10,12-13H,4,6-7H2,1-3H3,(H,18,19). The van der Waals surface area contributed by atoms with E-state index in [1.165, 1.54) is 6.42 Å². The number of amides is 1. The van der Waals surface area contributed by atoms with Crippen LogP contribution in [0.25, 0.3) is 0 Å². The largest absolute Gasteiger partial charge is 0.350 e. The van der Waals surface area contributed by atoms with E-state index in [2.05, 4.69) is 19.2 Å². The molecule has 3 heteroatoms. The fourth-order valence-electron chi connectivity index (χ4n) is 1.94. The highest BCUT2D eigenvalue weighted by Gasteiger charge is 2.10. The molecular weight excluding hydrogens is 236 g/mol. The number of carbonyl (C=O) groups excluding carboxylic acids is 1. The molecule has 1 atom stereocenters. The van der Waals surface area contributed by atoms with Crippen molar-refractivity contribution < 1.29 is 4.79 Å². The predicted molar refractivity (Wildman–Crippen MR) is 76.8 cm³/mol. The second kappa shape index (κ2) is 7.58. The van der Waals surface area contributed by atoms with Crippen LogP contribution in [0, 0.1) is 17.2 Å². The molecule has 0 aromatic heterocycles. The van der Waals surface area contributed by atoms with Crippen molar-refractivity contribution in [3.05, 3.63) is 35.4 Å². The average Bonchev–Trinajstić information content (AvgIpc) is 2.38. The summed E-state index contributed by atoms with van der Waals surface area (Å²) < 4.78 is 0. The van der Waals surface area contributed by atoms with Crippen molar-refractivity contribution in [1.29, 1.82) is 5.26 Å². The number of carbonyl (C=O) groups is 1. The monoisotopic (exact) mass is 258 g/mol. The molecule has 0 aliphatic heterocycles. The Morgan fingerprint density at radius 1 is 1.32 bits per heavy atom. The van der Waals surface area contributed by atoms with Crippen LogP contribution in [-0.2, 0) is 0 Å². The number of nitriles is 1.